The Morgan fingerprint density at radius 2 is 2.10 bits per heavy atom. The molecular formula is C20H20N2O5S3. The van der Waals surface area contributed by atoms with Crippen LogP contribution in [-0.2, 0) is 14.6 Å². The molecule has 0 aliphatic carbocycles. The summed E-state index contributed by atoms with van der Waals surface area (Å²) in [5, 5.41) is 4.29. The van der Waals surface area contributed by atoms with Gasteiger partial charge in [-0.15, -0.1) is 22.7 Å². The Labute approximate surface area is 182 Å². The van der Waals surface area contributed by atoms with Gasteiger partial charge in [0.25, 0.3) is 0 Å². The smallest absolute Gasteiger partial charge is 0.358 e. The lowest BCUT2D eigenvalue weighted by Crippen LogP contribution is -2.17. The first-order valence-electron chi connectivity index (χ1n) is 9.34. The van der Waals surface area contributed by atoms with Crippen molar-refractivity contribution in [2.45, 2.75) is 26.3 Å². The highest BCUT2D eigenvalue weighted by Crippen LogP contribution is 2.30. The fraction of sp³-hybridized carbons (Fsp3) is 0.350. The Morgan fingerprint density at radius 1 is 1.30 bits per heavy atom. The fourth-order valence-electron chi connectivity index (χ4n) is 3.76. The van der Waals surface area contributed by atoms with E-state index in [1.165, 1.54) is 22.7 Å². The van der Waals surface area contributed by atoms with E-state index in [-0.39, 0.29) is 29.0 Å². The van der Waals surface area contributed by atoms with Crippen molar-refractivity contribution in [1.82, 2.24) is 9.55 Å². The van der Waals surface area contributed by atoms with Crippen molar-refractivity contribution in [3.63, 3.8) is 0 Å². The number of aromatic nitrogens is 2. The maximum absolute atomic E-state index is 12.7. The normalized spacial score (nSPS) is 17.9. The maximum Gasteiger partial charge on any atom is 0.358 e. The number of thiazole rings is 1. The minimum atomic E-state index is -3.03. The quantitative estimate of drug-likeness (QED) is 0.408. The topological polar surface area (TPSA) is 95.3 Å². The van der Waals surface area contributed by atoms with Gasteiger partial charge in [0, 0.05) is 28.4 Å². The van der Waals surface area contributed by atoms with Gasteiger partial charge in [0.05, 0.1) is 16.4 Å². The highest BCUT2D eigenvalue weighted by Gasteiger charge is 2.31. The summed E-state index contributed by atoms with van der Waals surface area (Å²) in [6, 6.07) is 5.40. The molecule has 3 aromatic heterocycles. The average Bonchev–Trinajstić information content (AvgIpc) is 3.46. The van der Waals surface area contributed by atoms with Crippen LogP contribution >= 0.6 is 22.7 Å². The number of nitrogens with zero attached hydrogens (tertiary/aromatic N) is 2. The highest BCUT2D eigenvalue weighted by atomic mass is 32.2. The fourth-order valence-corrected chi connectivity index (χ4v) is 7.07. The molecule has 0 bridgehead atoms. The van der Waals surface area contributed by atoms with Crippen molar-refractivity contribution in [2.75, 3.05) is 18.1 Å². The van der Waals surface area contributed by atoms with Gasteiger partial charge < -0.3 is 9.30 Å². The minimum Gasteiger partial charge on any atom is -0.453 e. The SMILES string of the molecule is Cc1cc(C(=O)COC(=O)c2csc(-c3cccs3)n2)c(C)n1C1CCS(=O)(=O)C1. The van der Waals surface area contributed by atoms with Gasteiger partial charge in [0.2, 0.25) is 5.78 Å². The molecule has 30 heavy (non-hydrogen) atoms. The van der Waals surface area contributed by atoms with E-state index in [4.69, 9.17) is 4.74 Å². The molecule has 158 valence electrons. The lowest BCUT2D eigenvalue weighted by molar-refractivity contribution is 0.0469. The molecule has 4 rings (SSSR count). The van der Waals surface area contributed by atoms with E-state index < -0.39 is 22.4 Å². The van der Waals surface area contributed by atoms with E-state index in [0.29, 0.717) is 17.7 Å². The predicted octanol–water partition coefficient (Wildman–Crippen LogP) is 3.69. The molecule has 0 saturated carbocycles. The molecule has 1 atom stereocenters. The van der Waals surface area contributed by atoms with Crippen LogP contribution in [0, 0.1) is 13.8 Å². The van der Waals surface area contributed by atoms with Crippen LogP contribution in [0.2, 0.25) is 0 Å². The molecule has 0 amide bonds. The molecule has 1 saturated heterocycles. The number of thiophene rings is 1. The molecule has 3 aromatic rings. The Bertz CT molecular complexity index is 1210. The van der Waals surface area contributed by atoms with Gasteiger partial charge in [0.1, 0.15) is 5.01 Å². The summed E-state index contributed by atoms with van der Waals surface area (Å²) in [6.45, 7) is 3.25. The van der Waals surface area contributed by atoms with Crippen molar-refractivity contribution >= 4 is 44.3 Å². The van der Waals surface area contributed by atoms with Crippen LogP contribution in [0.4, 0.5) is 0 Å². The van der Waals surface area contributed by atoms with E-state index >= 15 is 0 Å². The first-order valence-corrected chi connectivity index (χ1v) is 12.9. The second kappa shape index (κ2) is 8.09. The number of Topliss-reactive ketones (excluding diaryl/α,β-unsaturated/α-hetero) is 1. The van der Waals surface area contributed by atoms with Crippen LogP contribution in [0.5, 0.6) is 0 Å². The summed E-state index contributed by atoms with van der Waals surface area (Å²) >= 11 is 2.88. The molecule has 0 aromatic carbocycles. The third-order valence-corrected chi connectivity index (χ3v) is 8.77. The van der Waals surface area contributed by atoms with Gasteiger partial charge in [-0.3, -0.25) is 4.79 Å². The first kappa shape index (κ1) is 21.0. The van der Waals surface area contributed by atoms with Crippen LogP contribution < -0.4 is 0 Å². The van der Waals surface area contributed by atoms with Crippen LogP contribution in [0.15, 0.2) is 29.0 Å². The van der Waals surface area contributed by atoms with Gasteiger partial charge in [-0.1, -0.05) is 6.07 Å². The van der Waals surface area contributed by atoms with Gasteiger partial charge >= 0.3 is 5.97 Å². The molecule has 0 N–H and O–H groups in total. The van der Waals surface area contributed by atoms with Crippen molar-refractivity contribution in [1.29, 1.82) is 0 Å². The van der Waals surface area contributed by atoms with E-state index in [0.717, 1.165) is 15.6 Å². The van der Waals surface area contributed by atoms with Crippen molar-refractivity contribution in [2.24, 2.45) is 0 Å². The average molecular weight is 465 g/mol. The third kappa shape index (κ3) is 4.12. The zero-order valence-electron chi connectivity index (χ0n) is 16.5. The molecule has 1 fully saturated rings. The molecule has 0 spiro atoms. The Balaban J connectivity index is 1.43. The molecular weight excluding hydrogens is 444 g/mol. The number of rotatable bonds is 6. The number of ether oxygens (including phenoxy) is 1. The Kier molecular flexibility index (Phi) is 5.65. The summed E-state index contributed by atoms with van der Waals surface area (Å²) < 4.78 is 30.8. The van der Waals surface area contributed by atoms with Crippen molar-refractivity contribution in [3.05, 3.63) is 51.6 Å². The third-order valence-electron chi connectivity index (χ3n) is 5.14. The number of hydrogen-bond acceptors (Lipinski definition) is 8. The maximum atomic E-state index is 12.7. The van der Waals surface area contributed by atoms with Gasteiger partial charge in [0.15, 0.2) is 22.1 Å². The Hall–Kier alpha value is -2.30. The minimum absolute atomic E-state index is 0.0857. The zero-order valence-corrected chi connectivity index (χ0v) is 18.9. The number of sulfone groups is 1. The molecule has 1 aliphatic heterocycles. The number of carbonyl (C=O) groups excluding carboxylic acids is 2. The van der Waals surface area contributed by atoms with E-state index in [1.54, 1.807) is 18.4 Å². The van der Waals surface area contributed by atoms with Crippen LogP contribution in [-0.4, -0.2) is 47.8 Å². The van der Waals surface area contributed by atoms with E-state index in [2.05, 4.69) is 4.98 Å². The highest BCUT2D eigenvalue weighted by molar-refractivity contribution is 7.91. The second-order valence-electron chi connectivity index (χ2n) is 7.23. The van der Waals surface area contributed by atoms with Crippen molar-refractivity contribution in [3.8, 4) is 9.88 Å². The number of carbonyl (C=O) groups is 2. The number of ketones is 1. The predicted molar refractivity (Wildman–Crippen MR) is 116 cm³/mol. The van der Waals surface area contributed by atoms with Gasteiger partial charge in [-0.25, -0.2) is 18.2 Å². The van der Waals surface area contributed by atoms with Crippen molar-refractivity contribution < 1.29 is 22.7 Å². The summed E-state index contributed by atoms with van der Waals surface area (Å²) in [7, 11) is -3.03. The van der Waals surface area contributed by atoms with E-state index in [1.807, 2.05) is 29.0 Å². The summed E-state index contributed by atoms with van der Waals surface area (Å²) in [5.41, 5.74) is 2.15. The lowest BCUT2D eigenvalue weighted by Gasteiger charge is -2.16. The molecule has 10 heteroatoms. The zero-order chi connectivity index (χ0) is 21.5. The summed E-state index contributed by atoms with van der Waals surface area (Å²) in [4.78, 5) is 30.2. The van der Waals surface area contributed by atoms with Gasteiger partial charge in [-0.05, 0) is 37.8 Å². The summed E-state index contributed by atoms with van der Waals surface area (Å²) in [6.07, 6.45) is 0.539. The summed E-state index contributed by atoms with van der Waals surface area (Å²) in [5.74, 6) is -0.714. The monoisotopic (exact) mass is 464 g/mol. The molecule has 1 unspecified atom stereocenters. The second-order valence-corrected chi connectivity index (χ2v) is 11.3. The number of hydrogen-bond donors (Lipinski definition) is 0. The van der Waals surface area contributed by atoms with Gasteiger partial charge in [-0.2, -0.15) is 0 Å². The van der Waals surface area contributed by atoms with E-state index in [9.17, 15) is 18.0 Å². The van der Waals surface area contributed by atoms with Crippen LogP contribution in [0.3, 0.4) is 0 Å². The largest absolute Gasteiger partial charge is 0.453 e. The standard InChI is InChI=1S/C20H20N2O5S3/c1-12-8-15(13(2)22(12)14-5-7-30(25,26)11-14)17(23)9-27-20(24)16-10-29-19(21-16)18-4-3-6-28-18/h3-4,6,8,10,14H,5,7,9,11H2,1-2H3. The van der Waals surface area contributed by atoms with Crippen LogP contribution in [0.1, 0.15) is 44.7 Å². The lowest BCUT2D eigenvalue weighted by atomic mass is 10.1. The molecule has 7 nitrogen and oxygen atoms in total. The molecule has 0 radical (unpaired) electrons. The van der Waals surface area contributed by atoms with Crippen LogP contribution in [0.25, 0.3) is 9.88 Å². The molecule has 1 aliphatic rings. The number of aryl methyl sites for hydroxylation is 1. The first-order chi connectivity index (χ1) is 14.2. The molecule has 4 heterocycles. The Morgan fingerprint density at radius 3 is 2.77 bits per heavy atom. The number of esters is 1.